The molecule has 0 radical (unpaired) electrons. The zero-order valence-electron chi connectivity index (χ0n) is 7.77. The monoisotopic (exact) mass is 230 g/mol. The van der Waals surface area contributed by atoms with Gasteiger partial charge in [-0.1, -0.05) is 36.4 Å². The van der Waals surface area contributed by atoms with Crippen LogP contribution in [0.2, 0.25) is 6.55 Å². The average molecular weight is 231 g/mol. The number of hydrogen-bond donors (Lipinski definition) is 0. The summed E-state index contributed by atoms with van der Waals surface area (Å²) in [5.41, 5.74) is 2.19. The van der Waals surface area contributed by atoms with E-state index in [9.17, 15) is 0 Å². The highest BCUT2D eigenvalue weighted by molar-refractivity contribution is 7.50. The van der Waals surface area contributed by atoms with Gasteiger partial charge in [0.25, 0.3) is 6.69 Å². The van der Waals surface area contributed by atoms with Gasteiger partial charge in [0.15, 0.2) is 0 Å². The Bertz CT molecular complexity index is 309. The van der Waals surface area contributed by atoms with Gasteiger partial charge >= 0.3 is 0 Å². The zero-order chi connectivity index (χ0) is 10.1. The third kappa shape index (κ3) is 2.87. The van der Waals surface area contributed by atoms with Crippen molar-refractivity contribution >= 4 is 39.6 Å². The van der Waals surface area contributed by atoms with Crippen molar-refractivity contribution in [2.45, 2.75) is 13.5 Å². The van der Waals surface area contributed by atoms with Gasteiger partial charge in [-0.15, -0.1) is 22.2 Å². The van der Waals surface area contributed by atoms with E-state index in [-0.39, 0.29) is 0 Å². The van der Waals surface area contributed by atoms with E-state index in [2.05, 4.69) is 6.58 Å². The molecule has 0 unspecified atom stereocenters. The maximum Gasteiger partial charge on any atom is 0.277 e. The highest BCUT2D eigenvalue weighted by Gasteiger charge is 2.23. The standard InChI is InChI=1S/C10H12Cl2Si/c1-8(2)9-4-6-10(7-5-9)13(3,11)12/h4-7H,1H2,2-3H3. The second kappa shape index (κ2) is 3.87. The van der Waals surface area contributed by atoms with Crippen LogP contribution in [-0.2, 0) is 0 Å². The third-order valence-electron chi connectivity index (χ3n) is 1.88. The smallest absolute Gasteiger partial charge is 0.140 e. The number of halogens is 2. The first-order valence-electron chi connectivity index (χ1n) is 4.05. The molecule has 0 heterocycles. The fraction of sp³-hybridized carbons (Fsp3) is 0.200. The summed E-state index contributed by atoms with van der Waals surface area (Å²) in [5.74, 6) is 0. The Balaban J connectivity index is 3.01. The number of benzene rings is 1. The first kappa shape index (κ1) is 10.8. The molecule has 1 aromatic carbocycles. The Morgan fingerprint density at radius 1 is 1.23 bits per heavy atom. The van der Waals surface area contributed by atoms with E-state index >= 15 is 0 Å². The van der Waals surface area contributed by atoms with Crippen molar-refractivity contribution in [2.75, 3.05) is 0 Å². The summed E-state index contributed by atoms with van der Waals surface area (Å²) >= 11 is 12.1. The molecule has 1 aromatic rings. The van der Waals surface area contributed by atoms with E-state index in [1.807, 2.05) is 37.7 Å². The van der Waals surface area contributed by atoms with Crippen molar-refractivity contribution in [3.63, 3.8) is 0 Å². The highest BCUT2D eigenvalue weighted by atomic mass is 35.7. The topological polar surface area (TPSA) is 0 Å². The molecule has 0 aliphatic rings. The number of rotatable bonds is 2. The molecule has 0 spiro atoms. The van der Waals surface area contributed by atoms with Crippen molar-refractivity contribution in [3.05, 3.63) is 36.4 Å². The van der Waals surface area contributed by atoms with Crippen LogP contribution >= 0.6 is 22.2 Å². The van der Waals surface area contributed by atoms with Crippen LogP contribution in [-0.4, -0.2) is 6.69 Å². The predicted molar refractivity (Wildman–Crippen MR) is 64.1 cm³/mol. The third-order valence-corrected chi connectivity index (χ3v) is 4.54. The Kier molecular flexibility index (Phi) is 3.22. The van der Waals surface area contributed by atoms with Crippen molar-refractivity contribution in [1.82, 2.24) is 0 Å². The van der Waals surface area contributed by atoms with Crippen LogP contribution in [0.3, 0.4) is 0 Å². The predicted octanol–water partition coefficient (Wildman–Crippen LogP) is 3.48. The van der Waals surface area contributed by atoms with E-state index in [0.29, 0.717) is 0 Å². The van der Waals surface area contributed by atoms with Crippen molar-refractivity contribution < 1.29 is 0 Å². The van der Waals surface area contributed by atoms with Gasteiger partial charge in [-0.3, -0.25) is 0 Å². The molecule has 13 heavy (non-hydrogen) atoms. The second-order valence-electron chi connectivity index (χ2n) is 3.25. The van der Waals surface area contributed by atoms with Gasteiger partial charge in [-0.05, 0) is 24.2 Å². The molecule has 1 rings (SSSR count). The van der Waals surface area contributed by atoms with Gasteiger partial charge in [0.05, 0.1) is 0 Å². The highest BCUT2D eigenvalue weighted by Crippen LogP contribution is 2.16. The van der Waals surface area contributed by atoms with Crippen LogP contribution in [0, 0.1) is 0 Å². The summed E-state index contributed by atoms with van der Waals surface area (Å²) < 4.78 is 0. The summed E-state index contributed by atoms with van der Waals surface area (Å²) in [5, 5.41) is 1.04. The molecule has 0 fully saturated rings. The molecule has 0 saturated carbocycles. The average Bonchev–Trinajstić information content (AvgIpc) is 2.03. The Labute approximate surface area is 89.6 Å². The van der Waals surface area contributed by atoms with E-state index in [4.69, 9.17) is 22.2 Å². The summed E-state index contributed by atoms with van der Waals surface area (Å²) in [6, 6.07) is 7.98. The van der Waals surface area contributed by atoms with E-state index in [1.165, 1.54) is 0 Å². The van der Waals surface area contributed by atoms with E-state index in [0.717, 1.165) is 16.3 Å². The van der Waals surface area contributed by atoms with Gasteiger partial charge < -0.3 is 0 Å². The number of hydrogen-bond acceptors (Lipinski definition) is 0. The fourth-order valence-corrected chi connectivity index (χ4v) is 2.56. The summed E-state index contributed by atoms with van der Waals surface area (Å²) in [6.07, 6.45) is 0. The fourth-order valence-electron chi connectivity index (χ4n) is 1.05. The first-order chi connectivity index (χ1) is 5.91. The molecule has 0 saturated heterocycles. The largest absolute Gasteiger partial charge is 0.277 e. The van der Waals surface area contributed by atoms with Crippen LogP contribution in [0.4, 0.5) is 0 Å². The molecule has 0 aliphatic carbocycles. The second-order valence-corrected chi connectivity index (χ2v) is 10.7. The normalized spacial score (nSPS) is 11.4. The summed E-state index contributed by atoms with van der Waals surface area (Å²) in [4.78, 5) is 0. The van der Waals surface area contributed by atoms with Gasteiger partial charge in [0, 0.05) is 0 Å². The van der Waals surface area contributed by atoms with E-state index < -0.39 is 6.69 Å². The first-order valence-corrected chi connectivity index (χ1v) is 8.58. The van der Waals surface area contributed by atoms with Crippen LogP contribution in [0.15, 0.2) is 30.8 Å². The van der Waals surface area contributed by atoms with Crippen LogP contribution in [0.5, 0.6) is 0 Å². The molecule has 0 nitrogen and oxygen atoms in total. The van der Waals surface area contributed by atoms with Gasteiger partial charge in [-0.25, -0.2) is 0 Å². The Hall–Kier alpha value is -0.243. The molecule has 0 bridgehead atoms. The molecular formula is C10H12Cl2Si. The molecule has 3 heteroatoms. The minimum absolute atomic E-state index is 1.04. The summed E-state index contributed by atoms with van der Waals surface area (Å²) in [6.45, 7) is 5.56. The molecule has 0 aliphatic heterocycles. The van der Waals surface area contributed by atoms with Gasteiger partial charge in [0.2, 0.25) is 0 Å². The quantitative estimate of drug-likeness (QED) is 0.540. The van der Waals surface area contributed by atoms with Crippen LogP contribution in [0.25, 0.3) is 5.57 Å². The Morgan fingerprint density at radius 2 is 1.69 bits per heavy atom. The molecule has 0 amide bonds. The summed E-state index contributed by atoms with van der Waals surface area (Å²) in [7, 11) is 0. The zero-order valence-corrected chi connectivity index (χ0v) is 10.3. The molecule has 0 atom stereocenters. The minimum Gasteiger partial charge on any atom is -0.140 e. The Morgan fingerprint density at radius 3 is 2.00 bits per heavy atom. The molecular weight excluding hydrogens is 219 g/mol. The minimum atomic E-state index is -2.18. The van der Waals surface area contributed by atoms with Crippen LogP contribution in [0.1, 0.15) is 12.5 Å². The lowest BCUT2D eigenvalue weighted by Crippen LogP contribution is -2.32. The lowest BCUT2D eigenvalue weighted by Gasteiger charge is -2.11. The van der Waals surface area contributed by atoms with Gasteiger partial charge in [0.1, 0.15) is 0 Å². The van der Waals surface area contributed by atoms with Crippen molar-refractivity contribution in [1.29, 1.82) is 0 Å². The van der Waals surface area contributed by atoms with E-state index in [1.54, 1.807) is 0 Å². The molecule has 0 aromatic heterocycles. The lowest BCUT2D eigenvalue weighted by molar-refractivity contribution is 1.60. The molecule has 0 N–H and O–H groups in total. The maximum atomic E-state index is 6.07. The van der Waals surface area contributed by atoms with Crippen LogP contribution < -0.4 is 5.19 Å². The van der Waals surface area contributed by atoms with Crippen molar-refractivity contribution in [2.24, 2.45) is 0 Å². The van der Waals surface area contributed by atoms with Crippen molar-refractivity contribution in [3.8, 4) is 0 Å². The molecule has 70 valence electrons. The maximum absolute atomic E-state index is 6.07. The number of allylic oxidation sites excluding steroid dienone is 1. The van der Waals surface area contributed by atoms with Gasteiger partial charge in [-0.2, -0.15) is 0 Å². The lowest BCUT2D eigenvalue weighted by atomic mass is 10.1. The SMILES string of the molecule is C=C(C)c1ccc([Si](C)(Cl)Cl)cc1.